The number of unbranched alkanes of at least 4 members (excludes halogenated alkanes) is 4. The first-order chi connectivity index (χ1) is 4.91. The van der Waals surface area contributed by atoms with Crippen molar-refractivity contribution in [2.75, 3.05) is 13.2 Å². The van der Waals surface area contributed by atoms with E-state index in [2.05, 4.69) is 4.84 Å². The van der Waals surface area contributed by atoms with E-state index in [4.69, 9.17) is 11.6 Å². The van der Waals surface area contributed by atoms with Crippen LogP contribution in [0.25, 0.3) is 0 Å². The predicted molar refractivity (Wildman–Crippen MR) is 42.3 cm³/mol. The first kappa shape index (κ1) is 9.88. The zero-order chi connectivity index (χ0) is 7.66. The topological polar surface area (TPSA) is 61.3 Å². The molecule has 0 radical (unpaired) electrons. The smallest absolute Gasteiger partial charge is 0.0679 e. The third-order valence-corrected chi connectivity index (χ3v) is 1.47. The van der Waals surface area contributed by atoms with Crippen molar-refractivity contribution in [3.8, 4) is 0 Å². The lowest BCUT2D eigenvalue weighted by molar-refractivity contribution is 0.133. The maximum atomic E-state index is 5.32. The molecule has 10 heavy (non-hydrogen) atoms. The molecule has 3 heteroatoms. The summed E-state index contributed by atoms with van der Waals surface area (Å²) >= 11 is 0. The molecule has 0 unspecified atom stereocenters. The summed E-state index contributed by atoms with van der Waals surface area (Å²) in [6.07, 6.45) is 5.91. The van der Waals surface area contributed by atoms with E-state index in [1.807, 2.05) is 0 Å². The van der Waals surface area contributed by atoms with Crippen LogP contribution in [0.4, 0.5) is 0 Å². The second-order valence-corrected chi connectivity index (χ2v) is 2.43. The average molecular weight is 146 g/mol. The molecule has 4 N–H and O–H groups in total. The van der Waals surface area contributed by atoms with Gasteiger partial charge in [0, 0.05) is 0 Å². The molecule has 0 saturated heterocycles. The maximum Gasteiger partial charge on any atom is 0.0679 e. The highest BCUT2D eigenvalue weighted by Gasteiger charge is 1.88. The standard InChI is InChI=1S/C7H18N2O/c8-6-4-2-1-3-5-7-10-9/h1-9H2. The monoisotopic (exact) mass is 146 g/mol. The first-order valence-electron chi connectivity index (χ1n) is 3.93. The second kappa shape index (κ2) is 8.88. The van der Waals surface area contributed by atoms with Gasteiger partial charge in [-0.1, -0.05) is 19.3 Å². The Labute approximate surface area is 62.7 Å². The van der Waals surface area contributed by atoms with Crippen LogP contribution in [0.15, 0.2) is 0 Å². The van der Waals surface area contributed by atoms with E-state index in [0.29, 0.717) is 6.61 Å². The van der Waals surface area contributed by atoms with Crippen molar-refractivity contribution >= 4 is 0 Å². The summed E-state index contributed by atoms with van der Waals surface area (Å²) in [7, 11) is 0. The van der Waals surface area contributed by atoms with Crippen LogP contribution in [0.2, 0.25) is 0 Å². The molecule has 3 nitrogen and oxygen atoms in total. The minimum absolute atomic E-state index is 0.683. The highest BCUT2D eigenvalue weighted by molar-refractivity contribution is 4.43. The van der Waals surface area contributed by atoms with Crippen molar-refractivity contribution in [1.82, 2.24) is 0 Å². The van der Waals surface area contributed by atoms with E-state index in [1.165, 1.54) is 19.3 Å². The van der Waals surface area contributed by atoms with Crippen LogP contribution < -0.4 is 11.6 Å². The summed E-state index contributed by atoms with van der Waals surface area (Å²) in [5.41, 5.74) is 5.32. The largest absolute Gasteiger partial charge is 0.330 e. The van der Waals surface area contributed by atoms with Gasteiger partial charge in [-0.15, -0.1) is 0 Å². The molecular formula is C7H18N2O. The number of hydrogen-bond donors (Lipinski definition) is 2. The van der Waals surface area contributed by atoms with Crippen LogP contribution in [0.5, 0.6) is 0 Å². The molecule has 0 aliphatic heterocycles. The molecule has 62 valence electrons. The highest BCUT2D eigenvalue weighted by atomic mass is 16.6. The molecule has 0 aromatic heterocycles. The zero-order valence-corrected chi connectivity index (χ0v) is 6.51. The summed E-state index contributed by atoms with van der Waals surface area (Å²) < 4.78 is 0. The molecule has 0 saturated carbocycles. The first-order valence-corrected chi connectivity index (χ1v) is 3.93. The van der Waals surface area contributed by atoms with Gasteiger partial charge in [-0.25, -0.2) is 5.90 Å². The lowest BCUT2D eigenvalue weighted by atomic mass is 10.1. The summed E-state index contributed by atoms with van der Waals surface area (Å²) in [5.74, 6) is 4.85. The van der Waals surface area contributed by atoms with Gasteiger partial charge < -0.3 is 10.6 Å². The Bertz CT molecular complexity index is 51.6. The summed E-state index contributed by atoms with van der Waals surface area (Å²) in [4.78, 5) is 4.42. The van der Waals surface area contributed by atoms with Crippen LogP contribution in [-0.4, -0.2) is 13.2 Å². The van der Waals surface area contributed by atoms with Crippen LogP contribution in [0.1, 0.15) is 32.1 Å². The fourth-order valence-electron chi connectivity index (χ4n) is 0.860. The molecule has 0 spiro atoms. The molecule has 0 aliphatic rings. The zero-order valence-electron chi connectivity index (χ0n) is 6.51. The lowest BCUT2D eigenvalue weighted by Gasteiger charge is -1.98. The van der Waals surface area contributed by atoms with Crippen molar-refractivity contribution < 1.29 is 4.84 Å². The SMILES string of the molecule is NCCCCCCCON. The Morgan fingerprint density at radius 1 is 0.900 bits per heavy atom. The van der Waals surface area contributed by atoms with E-state index in [0.717, 1.165) is 19.4 Å². The van der Waals surface area contributed by atoms with Gasteiger partial charge in [-0.3, -0.25) is 0 Å². The van der Waals surface area contributed by atoms with Crippen molar-refractivity contribution in [1.29, 1.82) is 0 Å². The van der Waals surface area contributed by atoms with Gasteiger partial charge in [-0.2, -0.15) is 0 Å². The number of nitrogens with two attached hydrogens (primary N) is 2. The lowest BCUT2D eigenvalue weighted by Crippen LogP contribution is -2.01. The molecule has 0 aromatic rings. The second-order valence-electron chi connectivity index (χ2n) is 2.43. The van der Waals surface area contributed by atoms with E-state index in [9.17, 15) is 0 Å². The Hall–Kier alpha value is -0.120. The normalized spacial score (nSPS) is 10.2. The molecule has 0 aromatic carbocycles. The van der Waals surface area contributed by atoms with Crippen LogP contribution in [0, 0.1) is 0 Å². The maximum absolute atomic E-state index is 5.32. The van der Waals surface area contributed by atoms with E-state index in [-0.39, 0.29) is 0 Å². The molecule has 0 fully saturated rings. The van der Waals surface area contributed by atoms with Gasteiger partial charge in [0.1, 0.15) is 0 Å². The molecule has 0 aliphatic carbocycles. The van der Waals surface area contributed by atoms with Gasteiger partial charge in [0.05, 0.1) is 6.61 Å². The van der Waals surface area contributed by atoms with Crippen molar-refractivity contribution in [3.63, 3.8) is 0 Å². The van der Waals surface area contributed by atoms with Gasteiger partial charge in [0.15, 0.2) is 0 Å². The van der Waals surface area contributed by atoms with E-state index < -0.39 is 0 Å². The van der Waals surface area contributed by atoms with Crippen molar-refractivity contribution in [2.24, 2.45) is 11.6 Å². The summed E-state index contributed by atoms with van der Waals surface area (Å²) in [6, 6.07) is 0. The fourth-order valence-corrected chi connectivity index (χ4v) is 0.860. The van der Waals surface area contributed by atoms with Crippen LogP contribution in [0.3, 0.4) is 0 Å². The average Bonchev–Trinajstić information content (AvgIpc) is 1.97. The summed E-state index contributed by atoms with van der Waals surface area (Å²) in [6.45, 7) is 1.50. The van der Waals surface area contributed by atoms with Gasteiger partial charge >= 0.3 is 0 Å². The number of rotatable bonds is 7. The van der Waals surface area contributed by atoms with E-state index in [1.54, 1.807) is 0 Å². The molecule has 0 rings (SSSR count). The van der Waals surface area contributed by atoms with Gasteiger partial charge in [0.2, 0.25) is 0 Å². The van der Waals surface area contributed by atoms with Crippen LogP contribution >= 0.6 is 0 Å². The quantitative estimate of drug-likeness (QED) is 0.412. The fraction of sp³-hybridized carbons (Fsp3) is 1.00. The third kappa shape index (κ3) is 7.88. The Morgan fingerprint density at radius 3 is 2.10 bits per heavy atom. The molecular weight excluding hydrogens is 128 g/mol. The minimum atomic E-state index is 0.683. The minimum Gasteiger partial charge on any atom is -0.330 e. The van der Waals surface area contributed by atoms with Crippen molar-refractivity contribution in [3.05, 3.63) is 0 Å². The van der Waals surface area contributed by atoms with E-state index >= 15 is 0 Å². The Kier molecular flexibility index (Phi) is 8.77. The predicted octanol–water partition coefficient (Wildman–Crippen LogP) is 0.786. The van der Waals surface area contributed by atoms with Crippen LogP contribution in [-0.2, 0) is 4.84 Å². The highest BCUT2D eigenvalue weighted by Crippen LogP contribution is 2.01. The van der Waals surface area contributed by atoms with Crippen molar-refractivity contribution in [2.45, 2.75) is 32.1 Å². The molecule has 0 atom stereocenters. The Balaban J connectivity index is 2.65. The molecule has 0 heterocycles. The van der Waals surface area contributed by atoms with Gasteiger partial charge in [-0.05, 0) is 19.4 Å². The Morgan fingerprint density at radius 2 is 1.50 bits per heavy atom. The third-order valence-electron chi connectivity index (χ3n) is 1.47. The van der Waals surface area contributed by atoms with Gasteiger partial charge in [0.25, 0.3) is 0 Å². The number of hydrogen-bond acceptors (Lipinski definition) is 3. The summed E-state index contributed by atoms with van der Waals surface area (Å²) in [5, 5.41) is 0. The molecule has 0 amide bonds. The molecule has 0 bridgehead atoms.